The lowest BCUT2D eigenvalue weighted by atomic mass is 9.87. The van der Waals surface area contributed by atoms with Crippen LogP contribution in [0.5, 0.6) is 11.5 Å². The summed E-state index contributed by atoms with van der Waals surface area (Å²) in [5.41, 5.74) is 1.46. The normalized spacial score (nSPS) is 19.5. The molecule has 188 valence electrons. The van der Waals surface area contributed by atoms with Crippen LogP contribution in [0.25, 0.3) is 0 Å². The van der Waals surface area contributed by atoms with Gasteiger partial charge in [0.1, 0.15) is 6.04 Å². The van der Waals surface area contributed by atoms with Gasteiger partial charge in [-0.25, -0.2) is 9.69 Å². The second-order valence-corrected chi connectivity index (χ2v) is 9.31. The number of anilines is 1. The lowest BCUT2D eigenvalue weighted by Gasteiger charge is -2.32. The van der Waals surface area contributed by atoms with Gasteiger partial charge in [0.25, 0.3) is 5.91 Å². The molecule has 2 aliphatic heterocycles. The maximum Gasteiger partial charge on any atom is 0.337 e. The molecule has 2 aromatic carbocycles. The Hall–Kier alpha value is -3.88. The Morgan fingerprint density at radius 2 is 1.72 bits per heavy atom. The number of hydrogen-bond acceptors (Lipinski definition) is 7. The number of imide groups is 1. The number of carbonyl (C=O) groups is 4. The van der Waals surface area contributed by atoms with Crippen molar-refractivity contribution in [3.05, 3.63) is 53.6 Å². The second-order valence-electron chi connectivity index (χ2n) is 9.31. The highest BCUT2D eigenvalue weighted by atomic mass is 16.7. The van der Waals surface area contributed by atoms with Gasteiger partial charge in [-0.05, 0) is 54.8 Å². The quantitative estimate of drug-likeness (QED) is 0.450. The van der Waals surface area contributed by atoms with Gasteiger partial charge in [-0.1, -0.05) is 25.3 Å². The van der Waals surface area contributed by atoms with Gasteiger partial charge in [0.05, 0.1) is 24.8 Å². The average Bonchev–Trinajstić information content (AvgIpc) is 3.50. The Kier molecular flexibility index (Phi) is 6.63. The van der Waals surface area contributed by atoms with Crippen LogP contribution < -0.4 is 14.4 Å². The first-order valence-electron chi connectivity index (χ1n) is 12.2. The van der Waals surface area contributed by atoms with Gasteiger partial charge in [-0.15, -0.1) is 0 Å². The number of ether oxygens (including phenoxy) is 3. The molecule has 36 heavy (non-hydrogen) atoms. The Balaban J connectivity index is 1.42. The summed E-state index contributed by atoms with van der Waals surface area (Å²) in [6.45, 7) is 0.327. The molecule has 0 N–H and O–H groups in total. The minimum Gasteiger partial charge on any atom is -0.465 e. The van der Waals surface area contributed by atoms with Crippen LogP contribution in [0.3, 0.4) is 0 Å². The Bertz CT molecular complexity index is 1190. The molecule has 1 saturated heterocycles. The van der Waals surface area contributed by atoms with Crippen molar-refractivity contribution in [1.82, 2.24) is 4.90 Å². The van der Waals surface area contributed by atoms with Crippen LogP contribution in [-0.2, 0) is 25.7 Å². The third-order valence-corrected chi connectivity index (χ3v) is 7.07. The molecular formula is C27H28N2O7. The van der Waals surface area contributed by atoms with E-state index in [1.54, 1.807) is 11.0 Å². The van der Waals surface area contributed by atoms with E-state index in [9.17, 15) is 19.2 Å². The molecule has 5 rings (SSSR count). The molecule has 1 aliphatic carbocycles. The standard InChI is InChI=1S/C27H28N2O7/c1-34-27(33)19-8-10-20(11-9-19)29-24(30)14-21(26(29)32)28(25(31)18-5-3-2-4-6-18)15-17-7-12-22-23(13-17)36-16-35-22/h7-13,18,21H,2-6,14-16H2,1H3. The fraction of sp³-hybridized carbons (Fsp3) is 0.407. The topological polar surface area (TPSA) is 102 Å². The summed E-state index contributed by atoms with van der Waals surface area (Å²) in [6.07, 6.45) is 4.52. The van der Waals surface area contributed by atoms with Gasteiger partial charge >= 0.3 is 5.97 Å². The number of rotatable bonds is 6. The number of carbonyl (C=O) groups excluding carboxylic acids is 4. The highest BCUT2D eigenvalue weighted by molar-refractivity contribution is 6.23. The average molecular weight is 493 g/mol. The molecule has 1 atom stereocenters. The SMILES string of the molecule is COC(=O)c1ccc(N2C(=O)CC(N(Cc3ccc4c(c3)OCO4)C(=O)C3CCCCC3)C2=O)cc1. The predicted molar refractivity (Wildman–Crippen MR) is 128 cm³/mol. The third kappa shape index (κ3) is 4.53. The maximum absolute atomic E-state index is 13.7. The molecular weight excluding hydrogens is 464 g/mol. The first kappa shape index (κ1) is 23.8. The van der Waals surface area contributed by atoms with E-state index in [2.05, 4.69) is 0 Å². The monoisotopic (exact) mass is 492 g/mol. The molecule has 2 heterocycles. The van der Waals surface area contributed by atoms with Crippen LogP contribution in [0.2, 0.25) is 0 Å². The number of methoxy groups -OCH3 is 1. The molecule has 9 nitrogen and oxygen atoms in total. The van der Waals surface area contributed by atoms with Crippen LogP contribution in [0.4, 0.5) is 5.69 Å². The van der Waals surface area contributed by atoms with E-state index in [-0.39, 0.29) is 37.5 Å². The van der Waals surface area contributed by atoms with Crippen molar-refractivity contribution in [2.75, 3.05) is 18.8 Å². The lowest BCUT2D eigenvalue weighted by molar-refractivity contribution is -0.143. The van der Waals surface area contributed by atoms with Gasteiger partial charge in [-0.2, -0.15) is 0 Å². The molecule has 1 saturated carbocycles. The summed E-state index contributed by atoms with van der Waals surface area (Å²) in [5.74, 6) is -0.369. The third-order valence-electron chi connectivity index (χ3n) is 7.07. The summed E-state index contributed by atoms with van der Waals surface area (Å²) in [7, 11) is 1.28. The number of benzene rings is 2. The minimum absolute atomic E-state index is 0.0959. The number of amides is 3. The highest BCUT2D eigenvalue weighted by Crippen LogP contribution is 2.35. The van der Waals surface area contributed by atoms with Gasteiger partial charge in [0, 0.05) is 12.5 Å². The van der Waals surface area contributed by atoms with Gasteiger partial charge < -0.3 is 19.1 Å². The number of nitrogens with zero attached hydrogens (tertiary/aromatic N) is 2. The zero-order valence-corrected chi connectivity index (χ0v) is 20.1. The van der Waals surface area contributed by atoms with E-state index >= 15 is 0 Å². The van der Waals surface area contributed by atoms with Crippen LogP contribution in [0.1, 0.15) is 54.4 Å². The van der Waals surface area contributed by atoms with E-state index in [1.807, 2.05) is 12.1 Å². The molecule has 0 aromatic heterocycles. The van der Waals surface area contributed by atoms with Crippen LogP contribution in [-0.4, -0.2) is 48.5 Å². The zero-order valence-electron chi connectivity index (χ0n) is 20.1. The fourth-order valence-electron chi connectivity index (χ4n) is 5.16. The zero-order chi connectivity index (χ0) is 25.2. The molecule has 1 unspecified atom stereocenters. The second kappa shape index (κ2) is 10.0. The van der Waals surface area contributed by atoms with E-state index in [0.29, 0.717) is 22.7 Å². The van der Waals surface area contributed by atoms with Crippen LogP contribution in [0.15, 0.2) is 42.5 Å². The summed E-state index contributed by atoms with van der Waals surface area (Å²) < 4.78 is 15.6. The Labute approximate surface area is 208 Å². The number of hydrogen-bond donors (Lipinski definition) is 0. The van der Waals surface area contributed by atoms with Crippen molar-refractivity contribution in [3.8, 4) is 11.5 Å². The summed E-state index contributed by atoms with van der Waals surface area (Å²) in [5, 5.41) is 0. The molecule has 2 aromatic rings. The van der Waals surface area contributed by atoms with Gasteiger partial charge in [-0.3, -0.25) is 14.4 Å². The van der Waals surface area contributed by atoms with Crippen molar-refractivity contribution in [2.24, 2.45) is 5.92 Å². The number of esters is 1. The molecule has 3 amide bonds. The maximum atomic E-state index is 13.7. The molecule has 0 spiro atoms. The Morgan fingerprint density at radius 1 is 1.00 bits per heavy atom. The molecule has 9 heteroatoms. The van der Waals surface area contributed by atoms with Crippen molar-refractivity contribution >= 4 is 29.4 Å². The first-order chi connectivity index (χ1) is 17.5. The van der Waals surface area contributed by atoms with Crippen molar-refractivity contribution in [2.45, 2.75) is 51.1 Å². The summed E-state index contributed by atoms with van der Waals surface area (Å²) >= 11 is 0. The first-order valence-corrected chi connectivity index (χ1v) is 12.2. The van der Waals surface area contributed by atoms with Crippen molar-refractivity contribution in [3.63, 3.8) is 0 Å². The van der Waals surface area contributed by atoms with E-state index in [0.717, 1.165) is 42.6 Å². The highest BCUT2D eigenvalue weighted by Gasteiger charge is 2.45. The molecule has 0 bridgehead atoms. The van der Waals surface area contributed by atoms with E-state index < -0.39 is 17.9 Å². The molecule has 3 aliphatic rings. The Morgan fingerprint density at radius 3 is 2.44 bits per heavy atom. The minimum atomic E-state index is -0.905. The number of fused-ring (bicyclic) bond motifs is 1. The summed E-state index contributed by atoms with van der Waals surface area (Å²) in [4.78, 5) is 54.7. The fourth-order valence-corrected chi connectivity index (χ4v) is 5.16. The predicted octanol–water partition coefficient (Wildman–Crippen LogP) is 3.44. The van der Waals surface area contributed by atoms with Gasteiger partial charge in [0.2, 0.25) is 18.6 Å². The smallest absolute Gasteiger partial charge is 0.337 e. The van der Waals surface area contributed by atoms with Crippen LogP contribution in [0, 0.1) is 5.92 Å². The van der Waals surface area contributed by atoms with Crippen molar-refractivity contribution in [1.29, 1.82) is 0 Å². The van der Waals surface area contributed by atoms with E-state index in [1.165, 1.54) is 31.4 Å². The molecule has 0 radical (unpaired) electrons. The lowest BCUT2D eigenvalue weighted by Crippen LogP contribution is -2.47. The van der Waals surface area contributed by atoms with Gasteiger partial charge in [0.15, 0.2) is 11.5 Å². The molecule has 2 fully saturated rings. The summed E-state index contributed by atoms with van der Waals surface area (Å²) in [6, 6.07) is 10.6. The largest absolute Gasteiger partial charge is 0.465 e. The van der Waals surface area contributed by atoms with E-state index in [4.69, 9.17) is 14.2 Å². The van der Waals surface area contributed by atoms with Crippen molar-refractivity contribution < 1.29 is 33.4 Å². The van der Waals surface area contributed by atoms with Crippen LogP contribution >= 0.6 is 0 Å².